The number of aryl methyl sites for hydroxylation is 1. The van der Waals surface area contributed by atoms with Crippen molar-refractivity contribution in [2.45, 2.75) is 56.2 Å². The van der Waals surface area contributed by atoms with Gasteiger partial charge in [0.25, 0.3) is 0 Å². The Labute approximate surface area is 246 Å². The van der Waals surface area contributed by atoms with Gasteiger partial charge in [0.2, 0.25) is 28.6 Å². The van der Waals surface area contributed by atoms with Crippen molar-refractivity contribution in [3.05, 3.63) is 54.1 Å². The van der Waals surface area contributed by atoms with Crippen molar-refractivity contribution in [3.8, 4) is 23.8 Å². The Morgan fingerprint density at radius 2 is 1.80 bits per heavy atom. The summed E-state index contributed by atoms with van der Waals surface area (Å²) in [6.07, 6.45) is 4.81. The van der Waals surface area contributed by atoms with Crippen LogP contribution >= 0.6 is 11.6 Å². The number of carbonyl (C=O) groups is 2. The fraction of sp³-hybridized carbons (Fsp3) is 0.448. The number of nitrogens with one attached hydrogen (secondary N) is 2. The second kappa shape index (κ2) is 15.1. The van der Waals surface area contributed by atoms with Crippen molar-refractivity contribution >= 4 is 33.4 Å². The van der Waals surface area contributed by atoms with Crippen LogP contribution in [0.15, 0.2) is 53.4 Å². The van der Waals surface area contributed by atoms with Gasteiger partial charge in [-0.05, 0) is 36.5 Å². The van der Waals surface area contributed by atoms with Gasteiger partial charge in [-0.2, -0.15) is 4.31 Å². The molecule has 0 radical (unpaired) electrons. The zero-order valence-corrected chi connectivity index (χ0v) is 24.7. The Hall–Kier alpha value is -3.30. The van der Waals surface area contributed by atoms with Crippen LogP contribution < -0.4 is 20.1 Å². The summed E-state index contributed by atoms with van der Waals surface area (Å²) < 4.78 is 39.3. The number of terminal acetylenes is 1. The largest absolute Gasteiger partial charge is 0.454 e. The van der Waals surface area contributed by atoms with Gasteiger partial charge in [-0.3, -0.25) is 9.59 Å². The van der Waals surface area contributed by atoms with Crippen LogP contribution in [0.25, 0.3) is 0 Å². The molecule has 12 heteroatoms. The molecule has 1 heterocycles. The summed E-state index contributed by atoms with van der Waals surface area (Å²) in [7, 11) is -4.06. The third-order valence-electron chi connectivity index (χ3n) is 6.42. The van der Waals surface area contributed by atoms with Crippen LogP contribution in [0.5, 0.6) is 11.5 Å². The standard InChI is InChI=1S/C29H36ClN3O7S/c1-4-8-24(31-28(35)16-30)29(36)32-23(13-11-21-9-6-5-7-10-21)25(34)18-33(17-20(2)3)41(37,38)22-12-14-26-27(15-22)40-19-39-26/h1,5-7,9-10,12,14-15,20,23-25,34H,8,11,13,16-19H2,2-3H3,(H,31,35)(H,32,36)/t23-,24-,25+/m0/s1. The number of amides is 2. The maximum Gasteiger partial charge on any atom is 0.243 e. The summed E-state index contributed by atoms with van der Waals surface area (Å²) in [4.78, 5) is 25.0. The van der Waals surface area contributed by atoms with Crippen LogP contribution in [0.4, 0.5) is 0 Å². The number of carbonyl (C=O) groups excluding carboxylic acids is 2. The third-order valence-corrected chi connectivity index (χ3v) is 8.49. The molecule has 41 heavy (non-hydrogen) atoms. The zero-order chi connectivity index (χ0) is 30.0. The second-order valence-corrected chi connectivity index (χ2v) is 12.3. The van der Waals surface area contributed by atoms with Gasteiger partial charge < -0.3 is 25.2 Å². The Morgan fingerprint density at radius 3 is 2.46 bits per heavy atom. The topological polar surface area (TPSA) is 134 Å². The van der Waals surface area contributed by atoms with Crippen LogP contribution in [0.2, 0.25) is 0 Å². The first kappa shape index (κ1) is 32.2. The number of hydrogen-bond donors (Lipinski definition) is 3. The number of nitrogens with zero attached hydrogens (tertiary/aromatic N) is 1. The lowest BCUT2D eigenvalue weighted by molar-refractivity contribution is -0.129. The van der Waals surface area contributed by atoms with Gasteiger partial charge in [-0.25, -0.2) is 8.42 Å². The van der Waals surface area contributed by atoms with E-state index in [9.17, 15) is 23.1 Å². The summed E-state index contributed by atoms with van der Waals surface area (Å²) in [6, 6.07) is 11.9. The summed E-state index contributed by atoms with van der Waals surface area (Å²) >= 11 is 5.59. The lowest BCUT2D eigenvalue weighted by atomic mass is 10.00. The van der Waals surface area contributed by atoms with Crippen LogP contribution in [0, 0.1) is 18.3 Å². The SMILES string of the molecule is C#CC[C@H](NC(=O)CCl)C(=O)N[C@@H](CCc1ccccc1)[C@H](O)CN(CC(C)C)S(=O)(=O)c1ccc2c(c1)OCO2. The average Bonchev–Trinajstić information content (AvgIpc) is 3.43. The number of aliphatic hydroxyl groups is 1. The monoisotopic (exact) mass is 605 g/mol. The second-order valence-electron chi connectivity index (χ2n) is 10.1. The quantitative estimate of drug-likeness (QED) is 0.209. The van der Waals surface area contributed by atoms with E-state index in [1.165, 1.54) is 22.5 Å². The first-order valence-electron chi connectivity index (χ1n) is 13.3. The maximum absolute atomic E-state index is 13.7. The van der Waals surface area contributed by atoms with E-state index in [2.05, 4.69) is 16.6 Å². The van der Waals surface area contributed by atoms with Crippen molar-refractivity contribution in [3.63, 3.8) is 0 Å². The number of sulfonamides is 1. The van der Waals surface area contributed by atoms with E-state index in [4.69, 9.17) is 27.5 Å². The van der Waals surface area contributed by atoms with Gasteiger partial charge in [-0.1, -0.05) is 44.2 Å². The number of fused-ring (bicyclic) bond motifs is 1. The van der Waals surface area contributed by atoms with Crippen molar-refractivity contribution in [1.82, 2.24) is 14.9 Å². The van der Waals surface area contributed by atoms with Crippen LogP contribution in [-0.2, 0) is 26.0 Å². The Morgan fingerprint density at radius 1 is 1.10 bits per heavy atom. The van der Waals surface area contributed by atoms with Gasteiger partial charge >= 0.3 is 0 Å². The summed E-state index contributed by atoms with van der Waals surface area (Å²) in [6.45, 7) is 3.57. The highest BCUT2D eigenvalue weighted by Gasteiger charge is 2.33. The lowest BCUT2D eigenvalue weighted by Crippen LogP contribution is -2.55. The van der Waals surface area contributed by atoms with Gasteiger partial charge in [0, 0.05) is 25.6 Å². The molecule has 3 N–H and O–H groups in total. The molecular weight excluding hydrogens is 570 g/mol. The summed E-state index contributed by atoms with van der Waals surface area (Å²) in [5.41, 5.74) is 0.974. The van der Waals surface area contributed by atoms with E-state index in [0.717, 1.165) is 5.56 Å². The van der Waals surface area contributed by atoms with Crippen LogP contribution in [0.3, 0.4) is 0 Å². The molecule has 10 nitrogen and oxygen atoms in total. The Balaban J connectivity index is 1.85. The number of benzene rings is 2. The molecule has 0 saturated carbocycles. The van der Waals surface area contributed by atoms with Gasteiger partial charge in [-0.15, -0.1) is 23.9 Å². The van der Waals surface area contributed by atoms with E-state index in [-0.39, 0.29) is 43.0 Å². The van der Waals surface area contributed by atoms with Gasteiger partial charge in [0.05, 0.1) is 17.0 Å². The molecule has 1 aliphatic rings. The molecule has 0 saturated heterocycles. The molecule has 2 aromatic rings. The maximum atomic E-state index is 13.7. The zero-order valence-electron chi connectivity index (χ0n) is 23.1. The van der Waals surface area contributed by atoms with Gasteiger partial charge in [0.15, 0.2) is 11.5 Å². The molecule has 0 spiro atoms. The van der Waals surface area contributed by atoms with Gasteiger partial charge in [0.1, 0.15) is 11.9 Å². The smallest absolute Gasteiger partial charge is 0.243 e. The Kier molecular flexibility index (Phi) is 11.8. The normalized spacial score (nSPS) is 14.8. The highest BCUT2D eigenvalue weighted by atomic mass is 35.5. The molecule has 0 bridgehead atoms. The number of alkyl halides is 1. The molecule has 0 unspecified atom stereocenters. The van der Waals surface area contributed by atoms with Crippen molar-refractivity contribution in [2.75, 3.05) is 25.8 Å². The molecule has 0 fully saturated rings. The van der Waals surface area contributed by atoms with Crippen molar-refractivity contribution in [1.29, 1.82) is 0 Å². The van der Waals surface area contributed by atoms with E-state index in [0.29, 0.717) is 24.3 Å². The van der Waals surface area contributed by atoms with Crippen molar-refractivity contribution in [2.24, 2.45) is 5.92 Å². The molecular formula is C29H36ClN3O7S. The highest BCUT2D eigenvalue weighted by Crippen LogP contribution is 2.34. The number of rotatable bonds is 15. The number of aliphatic hydroxyl groups excluding tert-OH is 1. The predicted octanol–water partition coefficient (Wildman–Crippen LogP) is 2.29. The fourth-order valence-corrected chi connectivity index (χ4v) is 6.09. The molecule has 0 aliphatic carbocycles. The number of halogens is 1. The minimum atomic E-state index is -4.06. The summed E-state index contributed by atoms with van der Waals surface area (Å²) in [5, 5.41) is 16.7. The van der Waals surface area contributed by atoms with Crippen LogP contribution in [-0.4, -0.2) is 73.6 Å². The first-order valence-corrected chi connectivity index (χ1v) is 15.2. The van der Waals surface area contributed by atoms with E-state index in [1.807, 2.05) is 44.2 Å². The van der Waals surface area contributed by atoms with Crippen molar-refractivity contribution < 1.29 is 32.6 Å². The minimum absolute atomic E-state index is 0.00205. The lowest BCUT2D eigenvalue weighted by Gasteiger charge is -2.31. The highest BCUT2D eigenvalue weighted by molar-refractivity contribution is 7.89. The van der Waals surface area contributed by atoms with E-state index < -0.39 is 40.0 Å². The molecule has 222 valence electrons. The molecule has 2 amide bonds. The fourth-order valence-electron chi connectivity index (χ4n) is 4.37. The Bertz CT molecular complexity index is 1330. The number of hydrogen-bond acceptors (Lipinski definition) is 7. The average molecular weight is 606 g/mol. The van der Waals surface area contributed by atoms with E-state index >= 15 is 0 Å². The first-order chi connectivity index (χ1) is 19.5. The molecule has 3 rings (SSSR count). The van der Waals surface area contributed by atoms with Crippen LogP contribution in [0.1, 0.15) is 32.3 Å². The predicted molar refractivity (Wildman–Crippen MR) is 155 cm³/mol. The summed E-state index contributed by atoms with van der Waals surface area (Å²) in [5.74, 6) is 1.55. The third kappa shape index (κ3) is 9.10. The molecule has 1 aliphatic heterocycles. The number of ether oxygens (including phenoxy) is 2. The molecule has 0 aromatic heterocycles. The minimum Gasteiger partial charge on any atom is -0.454 e. The molecule has 2 aromatic carbocycles. The molecule has 3 atom stereocenters. The van der Waals surface area contributed by atoms with E-state index in [1.54, 1.807) is 0 Å².